The third-order valence-corrected chi connectivity index (χ3v) is 5.65. The van der Waals surface area contributed by atoms with Crippen molar-refractivity contribution in [2.24, 2.45) is 0 Å². The summed E-state index contributed by atoms with van der Waals surface area (Å²) in [4.78, 5) is 26.1. The van der Waals surface area contributed by atoms with Crippen LogP contribution in [0.3, 0.4) is 0 Å². The molecule has 1 aromatic heterocycles. The molecule has 2 aliphatic rings. The molecule has 7 nitrogen and oxygen atoms in total. The molecule has 7 heteroatoms. The van der Waals surface area contributed by atoms with Gasteiger partial charge in [0.1, 0.15) is 23.0 Å². The number of aromatic nitrogens is 2. The van der Waals surface area contributed by atoms with Crippen molar-refractivity contribution < 1.29 is 9.53 Å². The Hall–Kier alpha value is -2.67. The summed E-state index contributed by atoms with van der Waals surface area (Å²) in [5.74, 6) is 2.34. The van der Waals surface area contributed by atoms with Crippen LogP contribution in [-0.2, 0) is 6.54 Å². The van der Waals surface area contributed by atoms with Gasteiger partial charge in [-0.05, 0) is 32.8 Å². The molecule has 1 amide bonds. The van der Waals surface area contributed by atoms with Gasteiger partial charge in [0.05, 0.1) is 6.61 Å². The second-order valence-corrected chi connectivity index (χ2v) is 7.92. The second-order valence-electron chi connectivity index (χ2n) is 7.92. The zero-order valence-corrected chi connectivity index (χ0v) is 17.2. The van der Waals surface area contributed by atoms with Crippen LogP contribution < -0.4 is 10.5 Å². The van der Waals surface area contributed by atoms with Gasteiger partial charge in [-0.15, -0.1) is 0 Å². The van der Waals surface area contributed by atoms with Gasteiger partial charge in [-0.2, -0.15) is 0 Å². The van der Waals surface area contributed by atoms with Gasteiger partial charge in [0.15, 0.2) is 0 Å². The molecule has 1 atom stereocenters. The van der Waals surface area contributed by atoms with Crippen LogP contribution in [0.4, 0.5) is 5.82 Å². The van der Waals surface area contributed by atoms with Crippen molar-refractivity contribution in [3.63, 3.8) is 0 Å². The maximum Gasteiger partial charge on any atom is 0.259 e. The molecule has 2 aromatic rings. The Morgan fingerprint density at radius 2 is 2.07 bits per heavy atom. The number of carbonyl (C=O) groups is 1. The highest BCUT2D eigenvalue weighted by atomic mass is 16.5. The van der Waals surface area contributed by atoms with Gasteiger partial charge in [-0.3, -0.25) is 9.69 Å². The fraction of sp³-hybridized carbons (Fsp3) is 0.500. The van der Waals surface area contributed by atoms with Crippen molar-refractivity contribution in [3.05, 3.63) is 47.4 Å². The molecular formula is C22H29N5O2. The molecule has 2 heterocycles. The number of amides is 1. The van der Waals surface area contributed by atoms with Crippen LogP contribution in [0.1, 0.15) is 54.4 Å². The van der Waals surface area contributed by atoms with Gasteiger partial charge in [-0.25, -0.2) is 9.97 Å². The second kappa shape index (κ2) is 8.37. The van der Waals surface area contributed by atoms with Crippen molar-refractivity contribution in [2.75, 3.05) is 32.0 Å². The Morgan fingerprint density at radius 3 is 2.76 bits per heavy atom. The Balaban J connectivity index is 1.41. The number of anilines is 1. The van der Waals surface area contributed by atoms with Crippen molar-refractivity contribution in [3.8, 4) is 5.75 Å². The summed E-state index contributed by atoms with van der Waals surface area (Å²) in [7, 11) is 0. The number of hydrogen-bond acceptors (Lipinski definition) is 6. The summed E-state index contributed by atoms with van der Waals surface area (Å²) < 4.78 is 5.75. The van der Waals surface area contributed by atoms with Crippen LogP contribution in [0.15, 0.2) is 30.5 Å². The van der Waals surface area contributed by atoms with Gasteiger partial charge < -0.3 is 15.4 Å². The average Bonchev–Trinajstić information content (AvgIpc) is 3.55. The number of ether oxygens (including phenoxy) is 1. The molecule has 1 saturated heterocycles. The lowest BCUT2D eigenvalue weighted by Crippen LogP contribution is -2.53. The number of nitrogen functional groups attached to an aromatic ring is 1. The van der Waals surface area contributed by atoms with E-state index >= 15 is 0 Å². The highest BCUT2D eigenvalue weighted by Gasteiger charge is 2.31. The Kier molecular flexibility index (Phi) is 5.67. The van der Waals surface area contributed by atoms with E-state index < -0.39 is 0 Å². The van der Waals surface area contributed by atoms with E-state index in [-0.39, 0.29) is 11.9 Å². The maximum atomic E-state index is 13.1. The lowest BCUT2D eigenvalue weighted by atomic mass is 10.1. The standard InChI is InChI=1S/C22H29N5O2/c1-3-29-19-7-5-4-6-17(19)14-26-10-11-27(15(2)13-26)22(28)18-12-24-21(16-8-9-16)25-20(18)23/h4-7,12,15-16H,3,8-11,13-14H2,1-2H3,(H2,23,24,25). The van der Waals surface area contributed by atoms with E-state index in [2.05, 4.69) is 27.9 Å². The number of benzene rings is 1. The molecule has 1 saturated carbocycles. The third-order valence-electron chi connectivity index (χ3n) is 5.65. The van der Waals surface area contributed by atoms with E-state index in [0.29, 0.717) is 30.5 Å². The molecule has 0 spiro atoms. The number of rotatable bonds is 6. The maximum absolute atomic E-state index is 13.1. The minimum Gasteiger partial charge on any atom is -0.494 e. The average molecular weight is 396 g/mol. The normalized spacial score (nSPS) is 19.9. The molecule has 1 aliphatic carbocycles. The van der Waals surface area contributed by atoms with Crippen molar-refractivity contribution >= 4 is 11.7 Å². The lowest BCUT2D eigenvalue weighted by Gasteiger charge is -2.40. The summed E-state index contributed by atoms with van der Waals surface area (Å²) >= 11 is 0. The largest absolute Gasteiger partial charge is 0.494 e. The first-order chi connectivity index (χ1) is 14.1. The summed E-state index contributed by atoms with van der Waals surface area (Å²) in [6, 6.07) is 8.23. The minimum atomic E-state index is -0.0771. The number of piperazine rings is 1. The Bertz CT molecular complexity index is 883. The molecule has 4 rings (SSSR count). The van der Waals surface area contributed by atoms with E-state index in [0.717, 1.165) is 44.0 Å². The molecule has 2 N–H and O–H groups in total. The van der Waals surface area contributed by atoms with Crippen molar-refractivity contribution in [1.82, 2.24) is 19.8 Å². The Morgan fingerprint density at radius 1 is 1.28 bits per heavy atom. The molecule has 2 fully saturated rings. The molecule has 0 radical (unpaired) electrons. The van der Waals surface area contributed by atoms with Crippen LogP contribution in [0.5, 0.6) is 5.75 Å². The summed E-state index contributed by atoms with van der Waals surface area (Å²) in [6.45, 7) is 7.79. The predicted octanol–water partition coefficient (Wildman–Crippen LogP) is 2.68. The summed E-state index contributed by atoms with van der Waals surface area (Å²) in [5.41, 5.74) is 7.68. The SMILES string of the molecule is CCOc1ccccc1CN1CCN(C(=O)c2cnc(C3CC3)nc2N)C(C)C1. The lowest BCUT2D eigenvalue weighted by molar-refractivity contribution is 0.0474. The molecular weight excluding hydrogens is 366 g/mol. The summed E-state index contributed by atoms with van der Waals surface area (Å²) in [5, 5.41) is 0. The van der Waals surface area contributed by atoms with E-state index in [1.54, 1.807) is 6.20 Å². The first-order valence-corrected chi connectivity index (χ1v) is 10.4. The first-order valence-electron chi connectivity index (χ1n) is 10.4. The van der Waals surface area contributed by atoms with E-state index in [1.165, 1.54) is 5.56 Å². The van der Waals surface area contributed by atoms with E-state index in [9.17, 15) is 4.79 Å². The molecule has 1 aromatic carbocycles. The van der Waals surface area contributed by atoms with Crippen LogP contribution in [0.25, 0.3) is 0 Å². The number of nitrogens with zero attached hydrogens (tertiary/aromatic N) is 4. The zero-order valence-electron chi connectivity index (χ0n) is 17.2. The van der Waals surface area contributed by atoms with Crippen molar-refractivity contribution in [2.45, 2.75) is 45.2 Å². The molecule has 154 valence electrons. The molecule has 0 bridgehead atoms. The first kappa shape index (κ1) is 19.6. The number of carbonyl (C=O) groups excluding carboxylic acids is 1. The minimum absolute atomic E-state index is 0.0771. The van der Waals surface area contributed by atoms with E-state index in [1.807, 2.05) is 30.0 Å². The summed E-state index contributed by atoms with van der Waals surface area (Å²) in [6.07, 6.45) is 3.83. The molecule has 1 aliphatic heterocycles. The van der Waals surface area contributed by atoms with Crippen LogP contribution in [-0.4, -0.2) is 58.0 Å². The van der Waals surface area contributed by atoms with Crippen LogP contribution in [0.2, 0.25) is 0 Å². The molecule has 29 heavy (non-hydrogen) atoms. The van der Waals surface area contributed by atoms with Gasteiger partial charge in [0.25, 0.3) is 5.91 Å². The number of para-hydroxylation sites is 1. The predicted molar refractivity (Wildman–Crippen MR) is 112 cm³/mol. The van der Waals surface area contributed by atoms with Gasteiger partial charge >= 0.3 is 0 Å². The van der Waals surface area contributed by atoms with Gasteiger partial charge in [-0.1, -0.05) is 18.2 Å². The zero-order chi connectivity index (χ0) is 20.4. The number of nitrogens with two attached hydrogens (primary N) is 1. The van der Waals surface area contributed by atoms with Gasteiger partial charge in [0, 0.05) is 49.9 Å². The smallest absolute Gasteiger partial charge is 0.259 e. The quantitative estimate of drug-likeness (QED) is 0.810. The van der Waals surface area contributed by atoms with Crippen LogP contribution >= 0.6 is 0 Å². The highest BCUT2D eigenvalue weighted by Crippen LogP contribution is 2.38. The van der Waals surface area contributed by atoms with Crippen LogP contribution in [0, 0.1) is 0 Å². The van der Waals surface area contributed by atoms with Gasteiger partial charge in [0.2, 0.25) is 0 Å². The van der Waals surface area contributed by atoms with E-state index in [4.69, 9.17) is 10.5 Å². The number of hydrogen-bond donors (Lipinski definition) is 1. The monoisotopic (exact) mass is 395 g/mol. The fourth-order valence-electron chi connectivity index (χ4n) is 3.92. The fourth-order valence-corrected chi connectivity index (χ4v) is 3.92. The van der Waals surface area contributed by atoms with Crippen molar-refractivity contribution in [1.29, 1.82) is 0 Å². The molecule has 1 unspecified atom stereocenters. The third kappa shape index (κ3) is 4.34. The Labute approximate surface area is 171 Å². The topological polar surface area (TPSA) is 84.6 Å². The highest BCUT2D eigenvalue weighted by molar-refractivity contribution is 5.98.